The molecule has 0 aromatic heterocycles. The highest BCUT2D eigenvalue weighted by Crippen LogP contribution is 2.44. The first kappa shape index (κ1) is 13.0. The van der Waals surface area contributed by atoms with E-state index in [9.17, 15) is 9.59 Å². The van der Waals surface area contributed by atoms with Crippen LogP contribution in [0.2, 0.25) is 0 Å². The lowest BCUT2D eigenvalue weighted by Gasteiger charge is -2.58. The van der Waals surface area contributed by atoms with Crippen molar-refractivity contribution in [1.82, 2.24) is 4.90 Å². The number of amides is 1. The predicted molar refractivity (Wildman–Crippen MR) is 60.8 cm³/mol. The van der Waals surface area contributed by atoms with Crippen molar-refractivity contribution < 1.29 is 14.3 Å². The summed E-state index contributed by atoms with van der Waals surface area (Å²) in [5.41, 5.74) is -0.702. The van der Waals surface area contributed by atoms with E-state index >= 15 is 0 Å². The summed E-state index contributed by atoms with van der Waals surface area (Å²) in [4.78, 5) is 25.1. The van der Waals surface area contributed by atoms with Gasteiger partial charge in [-0.2, -0.15) is 0 Å². The fourth-order valence-corrected chi connectivity index (χ4v) is 2.21. The maximum absolute atomic E-state index is 12.0. The van der Waals surface area contributed by atoms with Gasteiger partial charge in [-0.1, -0.05) is 0 Å². The van der Waals surface area contributed by atoms with Gasteiger partial charge in [0.05, 0.1) is 25.0 Å². The molecular formula is C12H21NO3. The molecule has 1 aliphatic rings. The number of methoxy groups -OCH3 is 1. The van der Waals surface area contributed by atoms with E-state index < -0.39 is 5.41 Å². The molecule has 4 heteroatoms. The Bertz CT molecular complexity index is 315. The molecule has 1 heterocycles. The van der Waals surface area contributed by atoms with E-state index in [4.69, 9.17) is 0 Å². The first-order valence-electron chi connectivity index (χ1n) is 5.53. The van der Waals surface area contributed by atoms with Crippen LogP contribution < -0.4 is 0 Å². The van der Waals surface area contributed by atoms with Crippen LogP contribution in [-0.2, 0) is 14.3 Å². The summed E-state index contributed by atoms with van der Waals surface area (Å²) in [6.45, 7) is 9.69. The monoisotopic (exact) mass is 227 g/mol. The Kier molecular flexibility index (Phi) is 3.05. The lowest BCUT2D eigenvalue weighted by molar-refractivity contribution is -0.182. The minimum atomic E-state index is -0.457. The van der Waals surface area contributed by atoms with Crippen molar-refractivity contribution >= 4 is 11.9 Å². The number of esters is 1. The molecule has 1 fully saturated rings. The Morgan fingerprint density at radius 1 is 1.44 bits per heavy atom. The highest BCUT2D eigenvalue weighted by molar-refractivity contribution is 5.91. The Morgan fingerprint density at radius 2 is 1.94 bits per heavy atom. The van der Waals surface area contributed by atoms with Crippen LogP contribution in [0.15, 0.2) is 0 Å². The quantitative estimate of drug-likeness (QED) is 0.531. The van der Waals surface area contributed by atoms with Gasteiger partial charge in [0.2, 0.25) is 5.91 Å². The van der Waals surface area contributed by atoms with E-state index in [1.165, 1.54) is 7.11 Å². The molecule has 0 spiro atoms. The van der Waals surface area contributed by atoms with Gasteiger partial charge in [-0.05, 0) is 34.6 Å². The molecule has 0 unspecified atom stereocenters. The van der Waals surface area contributed by atoms with E-state index in [-0.39, 0.29) is 29.9 Å². The maximum Gasteiger partial charge on any atom is 0.307 e. The minimum absolute atomic E-state index is 0.0625. The third-order valence-electron chi connectivity index (χ3n) is 3.23. The summed E-state index contributed by atoms with van der Waals surface area (Å²) in [5.74, 6) is -0.159. The molecule has 0 aromatic carbocycles. The summed E-state index contributed by atoms with van der Waals surface area (Å²) in [6.07, 6.45) is 0.270. The van der Waals surface area contributed by atoms with Crippen LogP contribution in [0.1, 0.15) is 41.0 Å². The van der Waals surface area contributed by atoms with Gasteiger partial charge >= 0.3 is 5.97 Å². The van der Waals surface area contributed by atoms with Gasteiger partial charge in [0.15, 0.2) is 0 Å². The third kappa shape index (κ3) is 1.93. The van der Waals surface area contributed by atoms with Gasteiger partial charge < -0.3 is 9.64 Å². The smallest absolute Gasteiger partial charge is 0.307 e. The molecular weight excluding hydrogens is 206 g/mol. The van der Waals surface area contributed by atoms with Crippen molar-refractivity contribution in [3.8, 4) is 0 Å². The first-order chi connectivity index (χ1) is 7.12. The van der Waals surface area contributed by atoms with Crippen molar-refractivity contribution in [2.75, 3.05) is 7.11 Å². The van der Waals surface area contributed by atoms with Gasteiger partial charge in [-0.3, -0.25) is 9.59 Å². The van der Waals surface area contributed by atoms with E-state index in [1.54, 1.807) is 4.90 Å². The van der Waals surface area contributed by atoms with Crippen molar-refractivity contribution in [2.45, 2.75) is 52.6 Å². The number of hydrogen-bond donors (Lipinski definition) is 0. The minimum Gasteiger partial charge on any atom is -0.469 e. The lowest BCUT2D eigenvalue weighted by Crippen LogP contribution is -2.72. The molecule has 1 amide bonds. The molecule has 92 valence electrons. The summed E-state index contributed by atoms with van der Waals surface area (Å²) in [5, 5.41) is 0. The van der Waals surface area contributed by atoms with Crippen molar-refractivity contribution in [2.24, 2.45) is 5.41 Å². The summed E-state index contributed by atoms with van der Waals surface area (Å²) in [7, 11) is 1.37. The third-order valence-corrected chi connectivity index (χ3v) is 3.23. The van der Waals surface area contributed by atoms with Gasteiger partial charge in [0.25, 0.3) is 0 Å². The number of carbonyl (C=O) groups excluding carboxylic acids is 2. The topological polar surface area (TPSA) is 46.6 Å². The molecule has 1 saturated heterocycles. The molecule has 0 bridgehead atoms. The van der Waals surface area contributed by atoms with E-state index in [0.29, 0.717) is 0 Å². The normalized spacial score (nSPS) is 24.0. The van der Waals surface area contributed by atoms with Crippen LogP contribution in [0, 0.1) is 5.41 Å². The zero-order valence-electron chi connectivity index (χ0n) is 11.0. The van der Waals surface area contributed by atoms with Crippen LogP contribution >= 0.6 is 0 Å². The Hall–Kier alpha value is -1.06. The van der Waals surface area contributed by atoms with Gasteiger partial charge in [-0.25, -0.2) is 0 Å². The zero-order valence-corrected chi connectivity index (χ0v) is 11.0. The number of rotatable bonds is 2. The molecule has 16 heavy (non-hydrogen) atoms. The second-order valence-corrected chi connectivity index (χ2v) is 5.86. The summed E-state index contributed by atoms with van der Waals surface area (Å²) >= 11 is 0. The molecule has 1 atom stereocenters. The fourth-order valence-electron chi connectivity index (χ4n) is 2.21. The average Bonchev–Trinajstić information content (AvgIpc) is 2.14. The van der Waals surface area contributed by atoms with Gasteiger partial charge in [0.1, 0.15) is 0 Å². The number of nitrogens with zero attached hydrogens (tertiary/aromatic N) is 1. The molecule has 0 saturated carbocycles. The average molecular weight is 227 g/mol. The van der Waals surface area contributed by atoms with Crippen molar-refractivity contribution in [3.05, 3.63) is 0 Å². The molecule has 1 rings (SSSR count). The van der Waals surface area contributed by atoms with E-state index in [1.807, 2.05) is 34.6 Å². The SMILES string of the molecule is COC(=O)C[C@@H]1N(C(C)(C)C)C(=O)C1(C)C. The highest BCUT2D eigenvalue weighted by atomic mass is 16.5. The predicted octanol–water partition coefficient (Wildman–Crippen LogP) is 1.58. The number of hydrogen-bond acceptors (Lipinski definition) is 3. The molecule has 1 aliphatic heterocycles. The Balaban J connectivity index is 2.87. The molecule has 0 aliphatic carbocycles. The second kappa shape index (κ2) is 3.75. The van der Waals surface area contributed by atoms with Crippen LogP contribution in [-0.4, -0.2) is 35.5 Å². The number of likely N-dealkylation sites (tertiary alicyclic amines) is 1. The van der Waals surface area contributed by atoms with Crippen LogP contribution in [0.4, 0.5) is 0 Å². The zero-order chi connectivity index (χ0) is 12.7. The van der Waals surface area contributed by atoms with E-state index in [0.717, 1.165) is 0 Å². The van der Waals surface area contributed by atoms with Crippen LogP contribution in [0.3, 0.4) is 0 Å². The highest BCUT2D eigenvalue weighted by Gasteiger charge is 2.57. The number of carbonyl (C=O) groups is 2. The Labute approximate surface area is 96.9 Å². The maximum atomic E-state index is 12.0. The van der Waals surface area contributed by atoms with Crippen LogP contribution in [0.5, 0.6) is 0 Å². The van der Waals surface area contributed by atoms with Gasteiger partial charge in [0, 0.05) is 5.54 Å². The summed E-state index contributed by atoms with van der Waals surface area (Å²) in [6, 6.07) is -0.0625. The Morgan fingerprint density at radius 3 is 2.31 bits per heavy atom. The summed E-state index contributed by atoms with van der Waals surface area (Å²) < 4.78 is 4.67. The lowest BCUT2D eigenvalue weighted by atomic mass is 9.70. The van der Waals surface area contributed by atoms with Gasteiger partial charge in [-0.15, -0.1) is 0 Å². The fraction of sp³-hybridized carbons (Fsp3) is 0.833. The van der Waals surface area contributed by atoms with E-state index in [2.05, 4.69) is 4.74 Å². The second-order valence-electron chi connectivity index (χ2n) is 5.86. The largest absolute Gasteiger partial charge is 0.469 e. The molecule has 0 aromatic rings. The molecule has 0 N–H and O–H groups in total. The van der Waals surface area contributed by atoms with Crippen molar-refractivity contribution in [1.29, 1.82) is 0 Å². The molecule has 0 radical (unpaired) electrons. The standard InChI is InChI=1S/C12H21NO3/c1-11(2,3)13-8(7-9(14)16-6)12(4,5)10(13)15/h8H,7H2,1-6H3/t8-/m0/s1. The van der Waals surface area contributed by atoms with Crippen molar-refractivity contribution in [3.63, 3.8) is 0 Å². The van der Waals surface area contributed by atoms with Crippen LogP contribution in [0.25, 0.3) is 0 Å². The number of β-lactam (4-membered cyclic amide) rings is 1. The first-order valence-corrected chi connectivity index (χ1v) is 5.53. The molecule has 4 nitrogen and oxygen atoms in total. The number of ether oxygens (including phenoxy) is 1.